The van der Waals surface area contributed by atoms with Crippen LogP contribution >= 0.6 is 11.8 Å². The molecule has 0 N–H and O–H groups in total. The molecule has 4 rings (SSSR count). The zero-order valence-corrected chi connectivity index (χ0v) is 18.7. The second kappa shape index (κ2) is 9.29. The van der Waals surface area contributed by atoms with Gasteiger partial charge >= 0.3 is 0 Å². The fourth-order valence-corrected chi connectivity index (χ4v) is 4.42. The lowest BCUT2D eigenvalue weighted by atomic mass is 10.2. The number of carboxylic acids is 1. The number of amides is 1. The van der Waals surface area contributed by atoms with Gasteiger partial charge in [0.1, 0.15) is 0 Å². The predicted octanol–water partition coefficient (Wildman–Crippen LogP) is 1.59. The lowest BCUT2D eigenvalue weighted by molar-refractivity contribution is -0.305. The summed E-state index contributed by atoms with van der Waals surface area (Å²) in [6, 6.07) is 18.2. The largest absolute Gasteiger partial charge is 0.550 e. The highest BCUT2D eigenvalue weighted by Gasteiger charge is 2.38. The van der Waals surface area contributed by atoms with Crippen molar-refractivity contribution in [2.45, 2.75) is 18.6 Å². The van der Waals surface area contributed by atoms with Crippen LogP contribution in [0.4, 0.5) is 5.69 Å². The lowest BCUT2D eigenvalue weighted by Gasteiger charge is -2.09. The molecule has 0 bridgehead atoms. The van der Waals surface area contributed by atoms with Crippen molar-refractivity contribution in [2.24, 2.45) is 17.1 Å². The van der Waals surface area contributed by atoms with Crippen LogP contribution < -0.4 is 10.7 Å². The van der Waals surface area contributed by atoms with E-state index in [2.05, 4.69) is 10.1 Å². The molecular weight excluding hydrogens is 442 g/mol. The van der Waals surface area contributed by atoms with Gasteiger partial charge in [0.15, 0.2) is 10.9 Å². The van der Waals surface area contributed by atoms with Crippen molar-refractivity contribution < 1.29 is 14.7 Å². The van der Waals surface area contributed by atoms with Crippen LogP contribution in [-0.4, -0.2) is 42.9 Å². The van der Waals surface area contributed by atoms with Crippen molar-refractivity contribution in [3.63, 3.8) is 0 Å². The van der Waals surface area contributed by atoms with Crippen molar-refractivity contribution in [3.05, 3.63) is 82.3 Å². The van der Waals surface area contributed by atoms with Crippen LogP contribution in [0.2, 0.25) is 0 Å². The third kappa shape index (κ3) is 4.51. The van der Waals surface area contributed by atoms with E-state index in [9.17, 15) is 19.5 Å². The number of aliphatic carboxylic acids is 1. The maximum Gasteiger partial charge on any atom is 0.297 e. The highest BCUT2D eigenvalue weighted by molar-refractivity contribution is 8.15. The van der Waals surface area contributed by atoms with Gasteiger partial charge in [0.05, 0.1) is 22.8 Å². The average Bonchev–Trinajstić information content (AvgIpc) is 3.21. The van der Waals surface area contributed by atoms with E-state index in [4.69, 9.17) is 0 Å². The SMILES string of the molecule is Cc1c(N=C2SC(CC(=O)[O-])C(=O)N2N=Cc2ccccc2)c(=O)n(-c2ccccc2)n1C. The Morgan fingerprint density at radius 1 is 1.09 bits per heavy atom. The number of hydrogen-bond acceptors (Lipinski definition) is 7. The third-order valence-electron chi connectivity index (χ3n) is 5.12. The van der Waals surface area contributed by atoms with Crippen LogP contribution in [0.5, 0.6) is 0 Å². The number of nitrogens with zero attached hydrogens (tertiary/aromatic N) is 5. The number of carbonyl (C=O) groups is 2. The molecule has 0 saturated carbocycles. The normalized spacial score (nSPS) is 17.4. The Hall–Kier alpha value is -3.92. The van der Waals surface area contributed by atoms with E-state index in [1.54, 1.807) is 30.8 Å². The van der Waals surface area contributed by atoms with Gasteiger partial charge < -0.3 is 9.90 Å². The number of hydrazone groups is 1. The summed E-state index contributed by atoms with van der Waals surface area (Å²) in [4.78, 5) is 41.7. The van der Waals surface area contributed by atoms with Gasteiger partial charge in [0.2, 0.25) is 0 Å². The molecule has 1 unspecified atom stereocenters. The minimum Gasteiger partial charge on any atom is -0.550 e. The number of para-hydroxylation sites is 1. The van der Waals surface area contributed by atoms with Gasteiger partial charge in [-0.05, 0) is 24.6 Å². The summed E-state index contributed by atoms with van der Waals surface area (Å²) in [5.74, 6) is -1.89. The first-order valence-electron chi connectivity index (χ1n) is 10.1. The molecule has 1 saturated heterocycles. The van der Waals surface area contributed by atoms with Gasteiger partial charge in [-0.15, -0.1) is 0 Å². The molecule has 2 heterocycles. The number of rotatable bonds is 6. The smallest absolute Gasteiger partial charge is 0.297 e. The van der Waals surface area contributed by atoms with Crippen LogP contribution in [0.3, 0.4) is 0 Å². The monoisotopic (exact) mass is 462 g/mol. The van der Waals surface area contributed by atoms with Gasteiger partial charge in [-0.3, -0.25) is 14.3 Å². The fourth-order valence-electron chi connectivity index (χ4n) is 3.36. The second-order valence-electron chi connectivity index (χ2n) is 7.29. The van der Waals surface area contributed by atoms with Gasteiger partial charge in [-0.2, -0.15) is 10.1 Å². The topological polar surface area (TPSA) is 112 Å². The molecule has 3 aromatic rings. The van der Waals surface area contributed by atoms with E-state index in [-0.39, 0.29) is 16.4 Å². The van der Waals surface area contributed by atoms with E-state index in [1.165, 1.54) is 10.9 Å². The maximum atomic E-state index is 13.2. The van der Waals surface area contributed by atoms with Crippen LogP contribution in [-0.2, 0) is 16.6 Å². The Morgan fingerprint density at radius 3 is 2.36 bits per heavy atom. The van der Waals surface area contributed by atoms with Crippen LogP contribution in [0.1, 0.15) is 17.7 Å². The molecule has 0 spiro atoms. The van der Waals surface area contributed by atoms with E-state index in [0.717, 1.165) is 22.3 Å². The van der Waals surface area contributed by atoms with Gasteiger partial charge in [-0.25, -0.2) is 9.67 Å². The molecule has 10 heteroatoms. The fraction of sp³-hybridized carbons (Fsp3) is 0.174. The Morgan fingerprint density at radius 2 is 1.73 bits per heavy atom. The first-order chi connectivity index (χ1) is 15.9. The van der Waals surface area contributed by atoms with E-state index in [1.807, 2.05) is 48.5 Å². The van der Waals surface area contributed by atoms with Crippen molar-refractivity contribution in [3.8, 4) is 5.69 Å². The summed E-state index contributed by atoms with van der Waals surface area (Å²) in [6.45, 7) is 1.75. The third-order valence-corrected chi connectivity index (χ3v) is 6.25. The Labute approximate surface area is 193 Å². The number of thioether (sulfide) groups is 1. The van der Waals surface area contributed by atoms with E-state index < -0.39 is 23.5 Å². The highest BCUT2D eigenvalue weighted by Crippen LogP contribution is 2.32. The Kier molecular flexibility index (Phi) is 6.27. The summed E-state index contributed by atoms with van der Waals surface area (Å²) in [6.07, 6.45) is 0.997. The number of benzene rings is 2. The van der Waals surface area contributed by atoms with Gasteiger partial charge in [0.25, 0.3) is 11.5 Å². The zero-order valence-electron chi connectivity index (χ0n) is 17.9. The highest BCUT2D eigenvalue weighted by atomic mass is 32.2. The van der Waals surface area contributed by atoms with E-state index in [0.29, 0.717) is 11.4 Å². The molecular formula is C23H20N5O4S-. The van der Waals surface area contributed by atoms with Crippen molar-refractivity contribution in [1.82, 2.24) is 14.4 Å². The van der Waals surface area contributed by atoms with Crippen LogP contribution in [0.15, 0.2) is 75.6 Å². The molecule has 1 aliphatic heterocycles. The quantitative estimate of drug-likeness (QED) is 0.517. The molecule has 168 valence electrons. The summed E-state index contributed by atoms with van der Waals surface area (Å²) in [5, 5.41) is 15.6. The minimum absolute atomic E-state index is 0.129. The first kappa shape index (κ1) is 22.3. The number of carboxylic acid groups (broad SMARTS) is 1. The minimum atomic E-state index is -1.35. The molecule has 1 aromatic heterocycles. The molecule has 33 heavy (non-hydrogen) atoms. The molecule has 0 radical (unpaired) electrons. The van der Waals surface area contributed by atoms with Gasteiger partial charge in [-0.1, -0.05) is 60.3 Å². The Bertz CT molecular complexity index is 1310. The number of aromatic nitrogens is 2. The molecule has 1 aliphatic rings. The summed E-state index contributed by atoms with van der Waals surface area (Å²) in [5.41, 5.74) is 1.78. The molecule has 1 amide bonds. The maximum absolute atomic E-state index is 13.2. The number of aliphatic imine (C=N–C) groups is 1. The first-order valence-corrected chi connectivity index (χ1v) is 11.0. The standard InChI is InChI=1S/C23H21N5O4S/c1-15-20(22(32)28(26(15)2)17-11-7-4-8-12-17)25-23-27(21(31)18(33-23)13-19(29)30)24-14-16-9-5-3-6-10-16/h3-12,14,18H,13H2,1-2H3,(H,29,30)/p-1. The van der Waals surface area contributed by atoms with Gasteiger partial charge in [0, 0.05) is 19.4 Å². The molecule has 2 aromatic carbocycles. The predicted molar refractivity (Wildman–Crippen MR) is 125 cm³/mol. The zero-order chi connectivity index (χ0) is 23.5. The molecule has 1 atom stereocenters. The van der Waals surface area contributed by atoms with E-state index >= 15 is 0 Å². The lowest BCUT2D eigenvalue weighted by Crippen LogP contribution is -2.32. The van der Waals surface area contributed by atoms with Crippen LogP contribution in [0.25, 0.3) is 5.69 Å². The number of hydrogen-bond donors (Lipinski definition) is 0. The van der Waals surface area contributed by atoms with Crippen molar-refractivity contribution >= 4 is 40.7 Å². The van der Waals surface area contributed by atoms with Crippen molar-refractivity contribution in [2.75, 3.05) is 0 Å². The molecule has 9 nitrogen and oxygen atoms in total. The number of amidine groups is 1. The average molecular weight is 463 g/mol. The summed E-state index contributed by atoms with van der Waals surface area (Å²) < 4.78 is 3.15. The van der Waals surface area contributed by atoms with Crippen molar-refractivity contribution in [1.29, 1.82) is 0 Å². The molecule has 1 fully saturated rings. The Balaban J connectivity index is 1.77. The molecule has 0 aliphatic carbocycles. The summed E-state index contributed by atoms with van der Waals surface area (Å²) >= 11 is 0.948. The van der Waals surface area contributed by atoms with Crippen LogP contribution in [0, 0.1) is 6.92 Å². The summed E-state index contributed by atoms with van der Waals surface area (Å²) in [7, 11) is 1.74. The number of carbonyl (C=O) groups excluding carboxylic acids is 2. The second-order valence-corrected chi connectivity index (χ2v) is 8.46.